The van der Waals surface area contributed by atoms with E-state index in [2.05, 4.69) is 5.32 Å². The van der Waals surface area contributed by atoms with Crippen molar-refractivity contribution in [3.8, 4) is 5.75 Å². The molecule has 1 amide bonds. The molecule has 0 bridgehead atoms. The quantitative estimate of drug-likeness (QED) is 0.850. The summed E-state index contributed by atoms with van der Waals surface area (Å²) < 4.78 is 5.67. The summed E-state index contributed by atoms with van der Waals surface area (Å²) >= 11 is 0. The number of hydrogen-bond acceptors (Lipinski definition) is 3. The van der Waals surface area contributed by atoms with Gasteiger partial charge in [-0.3, -0.25) is 4.79 Å². The van der Waals surface area contributed by atoms with Crippen LogP contribution in [0.15, 0.2) is 54.6 Å². The summed E-state index contributed by atoms with van der Waals surface area (Å²) in [6, 6.07) is 16.1. The average molecular weight is 333 g/mol. The van der Waals surface area contributed by atoms with E-state index in [1.807, 2.05) is 54.6 Å². The number of rotatable bonds is 6. The topological polar surface area (TPSA) is 64.4 Å². The molecular formula is C18H21ClN2O2. The number of anilines is 1. The molecule has 0 aromatic heterocycles. The van der Waals surface area contributed by atoms with Gasteiger partial charge in [0.05, 0.1) is 6.61 Å². The Morgan fingerprint density at radius 1 is 1.13 bits per heavy atom. The van der Waals surface area contributed by atoms with Gasteiger partial charge in [0.25, 0.3) is 0 Å². The van der Waals surface area contributed by atoms with Crippen molar-refractivity contribution in [2.75, 3.05) is 11.9 Å². The maximum Gasteiger partial charge on any atom is 0.245 e. The van der Waals surface area contributed by atoms with E-state index in [9.17, 15) is 4.79 Å². The number of nitrogens with one attached hydrogen (secondary N) is 1. The molecule has 1 atom stereocenters. The number of nitrogens with two attached hydrogens (primary N) is 1. The van der Waals surface area contributed by atoms with Crippen molar-refractivity contribution < 1.29 is 9.53 Å². The van der Waals surface area contributed by atoms with E-state index in [1.165, 1.54) is 12.8 Å². The Bertz CT molecular complexity index is 627. The van der Waals surface area contributed by atoms with Crippen molar-refractivity contribution in [1.29, 1.82) is 0 Å². The Balaban J connectivity index is 0.00000192. The lowest BCUT2D eigenvalue weighted by atomic mass is 10.1. The number of amides is 1. The smallest absolute Gasteiger partial charge is 0.245 e. The van der Waals surface area contributed by atoms with Crippen molar-refractivity contribution in [2.45, 2.75) is 18.9 Å². The number of hydrogen-bond donors (Lipinski definition) is 2. The molecular weight excluding hydrogens is 312 g/mol. The van der Waals surface area contributed by atoms with Gasteiger partial charge in [0.15, 0.2) is 0 Å². The number of carbonyl (C=O) groups excluding carboxylic acids is 1. The van der Waals surface area contributed by atoms with Crippen LogP contribution < -0.4 is 15.8 Å². The molecule has 1 fully saturated rings. The van der Waals surface area contributed by atoms with Gasteiger partial charge < -0.3 is 15.8 Å². The third kappa shape index (κ3) is 4.98. The fourth-order valence-electron chi connectivity index (χ4n) is 2.16. The van der Waals surface area contributed by atoms with Crippen molar-refractivity contribution in [2.24, 2.45) is 11.7 Å². The number of halogens is 1. The predicted octanol–water partition coefficient (Wildman–Crippen LogP) is 3.54. The van der Waals surface area contributed by atoms with Crippen molar-refractivity contribution >= 4 is 24.0 Å². The Kier molecular flexibility index (Phi) is 6.02. The van der Waals surface area contributed by atoms with Gasteiger partial charge in [0.2, 0.25) is 5.91 Å². The van der Waals surface area contributed by atoms with E-state index in [4.69, 9.17) is 10.5 Å². The van der Waals surface area contributed by atoms with Gasteiger partial charge in [-0.25, -0.2) is 0 Å². The largest absolute Gasteiger partial charge is 0.493 e. The molecule has 1 unspecified atom stereocenters. The minimum atomic E-state index is -0.674. The van der Waals surface area contributed by atoms with Gasteiger partial charge >= 0.3 is 0 Å². The molecule has 0 aliphatic heterocycles. The Morgan fingerprint density at radius 3 is 2.39 bits per heavy atom. The average Bonchev–Trinajstić information content (AvgIpc) is 3.38. The summed E-state index contributed by atoms with van der Waals surface area (Å²) in [6.45, 7) is 0.782. The van der Waals surface area contributed by atoms with Crippen LogP contribution in [0.4, 0.5) is 5.69 Å². The van der Waals surface area contributed by atoms with E-state index >= 15 is 0 Å². The number of carbonyl (C=O) groups is 1. The Hall–Kier alpha value is -2.04. The lowest BCUT2D eigenvalue weighted by molar-refractivity contribution is -0.117. The summed E-state index contributed by atoms with van der Waals surface area (Å²) in [5.74, 6) is 1.33. The normalized spacial score (nSPS) is 14.5. The highest BCUT2D eigenvalue weighted by Crippen LogP contribution is 2.29. The second-order valence-corrected chi connectivity index (χ2v) is 5.66. The van der Waals surface area contributed by atoms with Crippen LogP contribution in [0.5, 0.6) is 5.75 Å². The molecule has 4 nitrogen and oxygen atoms in total. The van der Waals surface area contributed by atoms with Crippen LogP contribution in [0.3, 0.4) is 0 Å². The SMILES string of the molecule is Cl.NC(C(=O)Nc1ccc(OCC2CC2)cc1)c1ccccc1. The van der Waals surface area contributed by atoms with Crippen LogP contribution in [-0.4, -0.2) is 12.5 Å². The van der Waals surface area contributed by atoms with Crippen LogP contribution in [0.1, 0.15) is 24.4 Å². The summed E-state index contributed by atoms with van der Waals surface area (Å²) in [6.07, 6.45) is 2.54. The molecule has 0 spiro atoms. The molecule has 0 saturated heterocycles. The minimum Gasteiger partial charge on any atom is -0.493 e. The molecule has 122 valence electrons. The van der Waals surface area contributed by atoms with Gasteiger partial charge in [0, 0.05) is 5.69 Å². The molecule has 2 aromatic carbocycles. The first-order valence-electron chi connectivity index (χ1n) is 7.56. The maximum atomic E-state index is 12.2. The van der Waals surface area contributed by atoms with Gasteiger partial charge in [-0.05, 0) is 48.6 Å². The molecule has 3 N–H and O–H groups in total. The lowest BCUT2D eigenvalue weighted by Gasteiger charge is -2.13. The molecule has 0 heterocycles. The van der Waals surface area contributed by atoms with Crippen LogP contribution in [-0.2, 0) is 4.79 Å². The van der Waals surface area contributed by atoms with E-state index in [-0.39, 0.29) is 18.3 Å². The first-order chi connectivity index (χ1) is 10.7. The summed E-state index contributed by atoms with van der Waals surface area (Å²) in [7, 11) is 0. The van der Waals surface area contributed by atoms with E-state index < -0.39 is 6.04 Å². The first-order valence-corrected chi connectivity index (χ1v) is 7.56. The summed E-state index contributed by atoms with van der Waals surface area (Å²) in [5, 5.41) is 2.83. The number of ether oxygens (including phenoxy) is 1. The predicted molar refractivity (Wildman–Crippen MR) is 93.9 cm³/mol. The Morgan fingerprint density at radius 2 is 1.78 bits per heavy atom. The van der Waals surface area contributed by atoms with E-state index in [0.717, 1.165) is 29.5 Å². The third-order valence-electron chi connectivity index (χ3n) is 3.75. The zero-order valence-corrected chi connectivity index (χ0v) is 13.6. The summed E-state index contributed by atoms with van der Waals surface area (Å²) in [5.41, 5.74) is 7.48. The molecule has 1 saturated carbocycles. The molecule has 23 heavy (non-hydrogen) atoms. The van der Waals surface area contributed by atoms with Crippen molar-refractivity contribution in [3.63, 3.8) is 0 Å². The van der Waals surface area contributed by atoms with Gasteiger partial charge in [-0.15, -0.1) is 12.4 Å². The zero-order valence-electron chi connectivity index (χ0n) is 12.8. The minimum absolute atomic E-state index is 0. The van der Waals surface area contributed by atoms with Crippen LogP contribution >= 0.6 is 12.4 Å². The van der Waals surface area contributed by atoms with Crippen LogP contribution in [0.2, 0.25) is 0 Å². The maximum absolute atomic E-state index is 12.2. The van der Waals surface area contributed by atoms with Gasteiger partial charge in [-0.1, -0.05) is 30.3 Å². The highest BCUT2D eigenvalue weighted by Gasteiger charge is 2.21. The number of benzene rings is 2. The van der Waals surface area contributed by atoms with E-state index in [1.54, 1.807) is 0 Å². The van der Waals surface area contributed by atoms with Crippen molar-refractivity contribution in [1.82, 2.24) is 0 Å². The molecule has 1 aliphatic carbocycles. The highest BCUT2D eigenvalue weighted by molar-refractivity contribution is 5.95. The fourth-order valence-corrected chi connectivity index (χ4v) is 2.16. The molecule has 2 aromatic rings. The first kappa shape index (κ1) is 17.3. The zero-order chi connectivity index (χ0) is 15.4. The van der Waals surface area contributed by atoms with E-state index in [0.29, 0.717) is 0 Å². The fraction of sp³-hybridized carbons (Fsp3) is 0.278. The molecule has 0 radical (unpaired) electrons. The highest BCUT2D eigenvalue weighted by atomic mass is 35.5. The third-order valence-corrected chi connectivity index (χ3v) is 3.75. The van der Waals surface area contributed by atoms with Gasteiger partial charge in [0.1, 0.15) is 11.8 Å². The van der Waals surface area contributed by atoms with Crippen molar-refractivity contribution in [3.05, 3.63) is 60.2 Å². The second kappa shape index (κ2) is 7.99. The lowest BCUT2D eigenvalue weighted by Crippen LogP contribution is -2.27. The molecule has 1 aliphatic rings. The monoisotopic (exact) mass is 332 g/mol. The van der Waals surface area contributed by atoms with Crippen LogP contribution in [0, 0.1) is 5.92 Å². The van der Waals surface area contributed by atoms with Gasteiger partial charge in [-0.2, -0.15) is 0 Å². The Labute approximate surface area is 142 Å². The summed E-state index contributed by atoms with van der Waals surface area (Å²) in [4.78, 5) is 12.2. The molecule has 5 heteroatoms. The second-order valence-electron chi connectivity index (χ2n) is 5.66. The molecule has 3 rings (SSSR count). The van der Waals surface area contributed by atoms with Crippen LogP contribution in [0.25, 0.3) is 0 Å². The standard InChI is InChI=1S/C18H20N2O2.ClH/c19-17(14-4-2-1-3-5-14)18(21)20-15-8-10-16(11-9-15)22-12-13-6-7-13;/h1-5,8-11,13,17H,6-7,12,19H2,(H,20,21);1H.